The molecule has 2 heterocycles. The molecule has 0 radical (unpaired) electrons. The van der Waals surface area contributed by atoms with Crippen LogP contribution in [0.3, 0.4) is 0 Å². The summed E-state index contributed by atoms with van der Waals surface area (Å²) in [6.07, 6.45) is 1.31. The summed E-state index contributed by atoms with van der Waals surface area (Å²) in [7, 11) is 1.25. The van der Waals surface area contributed by atoms with Crippen LogP contribution in [0.25, 0.3) is 0 Å². The van der Waals surface area contributed by atoms with Crippen molar-refractivity contribution in [2.24, 2.45) is 7.05 Å². The molecule has 0 unspecified atom stereocenters. The average molecular weight is 441 g/mol. The summed E-state index contributed by atoms with van der Waals surface area (Å²) in [4.78, 5) is 61.2. The van der Waals surface area contributed by atoms with E-state index in [-0.39, 0.29) is 42.0 Å². The Bertz CT molecular complexity index is 1280. The smallest absolute Gasteiger partial charge is 0.315 e. The molecule has 1 fully saturated rings. The highest BCUT2D eigenvalue weighted by Gasteiger charge is 2.30. The van der Waals surface area contributed by atoms with Gasteiger partial charge in [-0.25, -0.2) is 4.79 Å². The van der Waals surface area contributed by atoms with Crippen LogP contribution in [0.4, 0.5) is 11.4 Å². The Labute approximate surface area is 181 Å². The van der Waals surface area contributed by atoms with Crippen LogP contribution in [0.1, 0.15) is 18.4 Å². The van der Waals surface area contributed by atoms with Gasteiger partial charge in [0.15, 0.2) is 0 Å². The highest BCUT2D eigenvalue weighted by molar-refractivity contribution is 6.32. The van der Waals surface area contributed by atoms with Gasteiger partial charge in [0.05, 0.1) is 12.2 Å². The van der Waals surface area contributed by atoms with E-state index in [9.17, 15) is 24.0 Å². The van der Waals surface area contributed by atoms with Crippen molar-refractivity contribution >= 4 is 40.7 Å². The van der Waals surface area contributed by atoms with E-state index in [4.69, 9.17) is 11.6 Å². The van der Waals surface area contributed by atoms with E-state index in [1.807, 2.05) is 0 Å². The van der Waals surface area contributed by atoms with Gasteiger partial charge in [-0.3, -0.25) is 33.2 Å². The number of aromatic nitrogens is 2. The molecule has 1 aromatic carbocycles. The molecule has 9 nitrogen and oxygen atoms in total. The fourth-order valence-electron chi connectivity index (χ4n) is 2.97. The van der Waals surface area contributed by atoms with Crippen molar-refractivity contribution in [1.82, 2.24) is 9.13 Å². The number of carbonyl (C=O) groups excluding carboxylic acids is 3. The van der Waals surface area contributed by atoms with Crippen LogP contribution < -0.4 is 21.5 Å². The molecule has 1 aromatic heterocycles. The van der Waals surface area contributed by atoms with Gasteiger partial charge in [0.25, 0.3) is 5.56 Å². The maximum atomic E-state index is 12.4. The number of hydrogen-bond acceptors (Lipinski definition) is 5. The van der Waals surface area contributed by atoms with E-state index in [0.717, 1.165) is 20.1 Å². The van der Waals surface area contributed by atoms with Gasteiger partial charge in [-0.1, -0.05) is 36.1 Å². The Hall–Kier alpha value is -3.90. The standard InChI is InChI=1S/C21H17ClN4O5/c1-3-15(27)23-18-19(22)25(21(31)24(2)20(18)30)11-5-7-13-6-4-8-14(12-13)26-16(28)9-10-17(26)29/h3-4,6,8,12H,1,9-11H2,2H3,(H,23,27). The first-order chi connectivity index (χ1) is 14.7. The molecule has 0 saturated carbocycles. The molecule has 1 saturated heterocycles. The Kier molecular flexibility index (Phi) is 6.22. The predicted molar refractivity (Wildman–Crippen MR) is 115 cm³/mol. The van der Waals surface area contributed by atoms with Gasteiger partial charge in [0.1, 0.15) is 10.8 Å². The summed E-state index contributed by atoms with van der Waals surface area (Å²) in [5.41, 5.74) is -0.793. The molecule has 0 atom stereocenters. The molecule has 2 aromatic rings. The Morgan fingerprint density at radius 1 is 1.23 bits per heavy atom. The van der Waals surface area contributed by atoms with Gasteiger partial charge >= 0.3 is 5.69 Å². The lowest BCUT2D eigenvalue weighted by atomic mass is 10.2. The predicted octanol–water partition coefficient (Wildman–Crippen LogP) is 1.03. The van der Waals surface area contributed by atoms with E-state index < -0.39 is 17.2 Å². The number of benzene rings is 1. The SMILES string of the molecule is C=CC(=O)Nc1c(Cl)n(CC#Cc2cccc(N3C(=O)CCC3=O)c2)c(=O)n(C)c1=O. The lowest BCUT2D eigenvalue weighted by Gasteiger charge is -2.13. The molecule has 0 bridgehead atoms. The second-order valence-electron chi connectivity index (χ2n) is 6.57. The van der Waals surface area contributed by atoms with E-state index in [1.165, 1.54) is 7.05 Å². The second-order valence-corrected chi connectivity index (χ2v) is 6.93. The van der Waals surface area contributed by atoms with Gasteiger partial charge < -0.3 is 5.32 Å². The third-order valence-corrected chi connectivity index (χ3v) is 4.93. The van der Waals surface area contributed by atoms with Crippen LogP contribution in [0, 0.1) is 11.8 Å². The molecule has 158 valence electrons. The summed E-state index contributed by atoms with van der Waals surface area (Å²) in [5, 5.41) is 2.03. The number of imide groups is 1. The fraction of sp³-hybridized carbons (Fsp3) is 0.190. The van der Waals surface area contributed by atoms with Crippen molar-refractivity contribution in [3.63, 3.8) is 0 Å². The van der Waals surface area contributed by atoms with Crippen molar-refractivity contribution in [3.8, 4) is 11.8 Å². The molecule has 31 heavy (non-hydrogen) atoms. The number of nitrogens with zero attached hydrogens (tertiary/aromatic N) is 3. The zero-order valence-corrected chi connectivity index (χ0v) is 17.2. The minimum absolute atomic E-state index is 0.172. The highest BCUT2D eigenvalue weighted by Crippen LogP contribution is 2.23. The van der Waals surface area contributed by atoms with Crippen LogP contribution in [0.2, 0.25) is 5.15 Å². The largest absolute Gasteiger partial charge is 0.332 e. The van der Waals surface area contributed by atoms with Gasteiger partial charge in [-0.05, 0) is 24.3 Å². The van der Waals surface area contributed by atoms with Crippen molar-refractivity contribution in [2.45, 2.75) is 19.4 Å². The number of amides is 3. The monoisotopic (exact) mass is 440 g/mol. The van der Waals surface area contributed by atoms with E-state index >= 15 is 0 Å². The summed E-state index contributed by atoms with van der Waals surface area (Å²) in [5.74, 6) is 4.42. The zero-order chi connectivity index (χ0) is 22.7. The van der Waals surface area contributed by atoms with Gasteiger partial charge in [0, 0.05) is 25.5 Å². The van der Waals surface area contributed by atoms with Crippen molar-refractivity contribution in [3.05, 3.63) is 68.5 Å². The molecule has 1 aliphatic rings. The Balaban J connectivity index is 1.92. The lowest BCUT2D eigenvalue weighted by molar-refractivity contribution is -0.121. The fourth-order valence-corrected chi connectivity index (χ4v) is 3.23. The Morgan fingerprint density at radius 2 is 1.90 bits per heavy atom. The summed E-state index contributed by atoms with van der Waals surface area (Å²) in [6.45, 7) is 3.13. The molecular formula is C21H17ClN4O5. The molecule has 1 aliphatic heterocycles. The molecule has 3 amide bonds. The normalized spacial score (nSPS) is 13.0. The van der Waals surface area contributed by atoms with Gasteiger partial charge in [-0.2, -0.15) is 0 Å². The first-order valence-electron chi connectivity index (χ1n) is 9.12. The molecule has 3 rings (SSSR count). The van der Waals surface area contributed by atoms with Crippen molar-refractivity contribution in [1.29, 1.82) is 0 Å². The number of anilines is 2. The molecule has 10 heteroatoms. The maximum absolute atomic E-state index is 12.4. The maximum Gasteiger partial charge on any atom is 0.332 e. The average Bonchev–Trinajstić information content (AvgIpc) is 3.10. The van der Waals surface area contributed by atoms with Crippen LogP contribution in [-0.2, 0) is 28.0 Å². The van der Waals surface area contributed by atoms with Crippen molar-refractivity contribution < 1.29 is 14.4 Å². The zero-order valence-electron chi connectivity index (χ0n) is 16.5. The minimum Gasteiger partial charge on any atom is -0.315 e. The summed E-state index contributed by atoms with van der Waals surface area (Å²) < 4.78 is 1.84. The van der Waals surface area contributed by atoms with Gasteiger partial charge in [0.2, 0.25) is 17.7 Å². The number of rotatable bonds is 4. The number of halogens is 1. The van der Waals surface area contributed by atoms with Crippen LogP contribution in [0.5, 0.6) is 0 Å². The lowest BCUT2D eigenvalue weighted by Crippen LogP contribution is -2.40. The summed E-state index contributed by atoms with van der Waals surface area (Å²) >= 11 is 6.17. The number of hydrogen-bond donors (Lipinski definition) is 1. The van der Waals surface area contributed by atoms with Crippen LogP contribution in [0.15, 0.2) is 46.5 Å². The third-order valence-electron chi connectivity index (χ3n) is 4.54. The first-order valence-corrected chi connectivity index (χ1v) is 9.50. The summed E-state index contributed by atoms with van der Waals surface area (Å²) in [6, 6.07) is 6.57. The quantitative estimate of drug-likeness (QED) is 0.330. The second kappa shape index (κ2) is 8.85. The van der Waals surface area contributed by atoms with Gasteiger partial charge in [-0.15, -0.1) is 0 Å². The number of nitrogens with one attached hydrogen (secondary N) is 1. The molecular weight excluding hydrogens is 424 g/mol. The van der Waals surface area contributed by atoms with E-state index in [2.05, 4.69) is 23.7 Å². The molecule has 0 spiro atoms. The number of carbonyl (C=O) groups is 3. The Morgan fingerprint density at radius 3 is 2.55 bits per heavy atom. The minimum atomic E-state index is -0.762. The third kappa shape index (κ3) is 4.34. The van der Waals surface area contributed by atoms with Crippen LogP contribution >= 0.6 is 11.6 Å². The topological polar surface area (TPSA) is 110 Å². The van der Waals surface area contributed by atoms with Crippen molar-refractivity contribution in [2.75, 3.05) is 10.2 Å². The molecule has 0 aliphatic carbocycles. The first kappa shape index (κ1) is 21.8. The van der Waals surface area contributed by atoms with E-state index in [0.29, 0.717) is 11.3 Å². The molecule has 1 N–H and O–H groups in total. The van der Waals surface area contributed by atoms with E-state index in [1.54, 1.807) is 24.3 Å². The van der Waals surface area contributed by atoms with Crippen LogP contribution in [-0.4, -0.2) is 26.9 Å². The highest BCUT2D eigenvalue weighted by atomic mass is 35.5.